The third kappa shape index (κ3) is 0.956. The maximum absolute atomic E-state index is 9.38. The molecule has 2 heteroatoms. The van der Waals surface area contributed by atoms with Crippen LogP contribution < -0.4 is 5.32 Å². The highest BCUT2D eigenvalue weighted by Crippen LogP contribution is 2.39. The van der Waals surface area contributed by atoms with E-state index >= 15 is 0 Å². The molecule has 0 aromatic rings. The predicted molar refractivity (Wildman–Crippen MR) is 39.8 cm³/mol. The van der Waals surface area contributed by atoms with Crippen molar-refractivity contribution in [2.24, 2.45) is 5.41 Å². The summed E-state index contributed by atoms with van der Waals surface area (Å²) < 4.78 is 0. The minimum atomic E-state index is -0.00384. The number of hydrogen-bond donors (Lipinski definition) is 2. The molecule has 0 aromatic heterocycles. The first kappa shape index (κ1) is 6.62. The highest BCUT2D eigenvalue weighted by atomic mass is 16.3. The van der Waals surface area contributed by atoms with Crippen LogP contribution in [0.1, 0.15) is 25.7 Å². The topological polar surface area (TPSA) is 32.3 Å². The second-order valence-corrected chi connectivity index (χ2v) is 3.85. The zero-order valence-corrected chi connectivity index (χ0v) is 6.27. The maximum Gasteiger partial charge on any atom is 0.0546 e. The van der Waals surface area contributed by atoms with E-state index < -0.39 is 0 Å². The Kier molecular flexibility index (Phi) is 1.46. The van der Waals surface area contributed by atoms with E-state index in [1.807, 2.05) is 0 Å². The number of aliphatic hydroxyl groups excluding tert-OH is 1. The molecule has 1 atom stereocenters. The van der Waals surface area contributed by atoms with Gasteiger partial charge in [0.15, 0.2) is 0 Å². The van der Waals surface area contributed by atoms with Crippen LogP contribution >= 0.6 is 0 Å². The van der Waals surface area contributed by atoms with Gasteiger partial charge in [-0.15, -0.1) is 0 Å². The van der Waals surface area contributed by atoms with Gasteiger partial charge in [0.1, 0.15) is 0 Å². The lowest BCUT2D eigenvalue weighted by Crippen LogP contribution is -2.56. The monoisotopic (exact) mass is 141 g/mol. The van der Waals surface area contributed by atoms with E-state index in [2.05, 4.69) is 5.32 Å². The van der Waals surface area contributed by atoms with Crippen LogP contribution in [0.5, 0.6) is 0 Å². The molecule has 1 heterocycles. The predicted octanol–water partition coefficient (Wildman–Crippen LogP) is 0.511. The zero-order chi connectivity index (χ0) is 7.03. The maximum atomic E-state index is 9.38. The standard InChI is InChI=1S/C8H15NO/c10-7-2-1-3-8(4-7)5-9-6-8/h7,9-10H,1-6H2. The summed E-state index contributed by atoms with van der Waals surface area (Å²) in [6, 6.07) is 0. The largest absolute Gasteiger partial charge is 0.393 e. The summed E-state index contributed by atoms with van der Waals surface area (Å²) in [6.45, 7) is 2.29. The highest BCUT2D eigenvalue weighted by molar-refractivity contribution is 4.96. The number of nitrogens with one attached hydrogen (secondary N) is 1. The second kappa shape index (κ2) is 2.21. The molecule has 1 saturated carbocycles. The van der Waals surface area contributed by atoms with E-state index in [0.29, 0.717) is 5.41 Å². The van der Waals surface area contributed by atoms with Crippen molar-refractivity contribution in [2.45, 2.75) is 31.8 Å². The molecule has 0 radical (unpaired) electrons. The van der Waals surface area contributed by atoms with E-state index in [9.17, 15) is 5.11 Å². The third-order valence-electron chi connectivity index (χ3n) is 2.91. The SMILES string of the molecule is OC1CCCC2(CNC2)C1. The van der Waals surface area contributed by atoms with Crippen LogP contribution in [0.4, 0.5) is 0 Å². The van der Waals surface area contributed by atoms with Crippen LogP contribution in [0.25, 0.3) is 0 Å². The lowest BCUT2D eigenvalue weighted by molar-refractivity contribution is 0.0138. The minimum Gasteiger partial charge on any atom is -0.393 e. The fraction of sp³-hybridized carbons (Fsp3) is 1.00. The molecule has 1 aliphatic heterocycles. The molecule has 2 N–H and O–H groups in total. The number of rotatable bonds is 0. The quantitative estimate of drug-likeness (QED) is 0.515. The van der Waals surface area contributed by atoms with Crippen LogP contribution in [0.15, 0.2) is 0 Å². The first-order valence-corrected chi connectivity index (χ1v) is 4.20. The van der Waals surface area contributed by atoms with E-state index in [4.69, 9.17) is 0 Å². The smallest absolute Gasteiger partial charge is 0.0546 e. The van der Waals surface area contributed by atoms with Gasteiger partial charge >= 0.3 is 0 Å². The van der Waals surface area contributed by atoms with E-state index in [1.54, 1.807) is 0 Å². The number of aliphatic hydroxyl groups is 1. The third-order valence-corrected chi connectivity index (χ3v) is 2.91. The molecule has 2 fully saturated rings. The highest BCUT2D eigenvalue weighted by Gasteiger charge is 2.40. The van der Waals surface area contributed by atoms with Gasteiger partial charge in [-0.3, -0.25) is 0 Å². The first-order chi connectivity index (χ1) is 4.81. The molecule has 58 valence electrons. The van der Waals surface area contributed by atoms with Crippen LogP contribution in [-0.4, -0.2) is 24.3 Å². The summed E-state index contributed by atoms with van der Waals surface area (Å²) in [4.78, 5) is 0. The van der Waals surface area contributed by atoms with Crippen molar-refractivity contribution >= 4 is 0 Å². The normalized spacial score (nSPS) is 37.5. The van der Waals surface area contributed by atoms with Crippen molar-refractivity contribution in [3.8, 4) is 0 Å². The summed E-state index contributed by atoms with van der Waals surface area (Å²) in [7, 11) is 0. The fourth-order valence-electron chi connectivity index (χ4n) is 2.22. The Labute approximate surface area is 61.6 Å². The van der Waals surface area contributed by atoms with Crippen molar-refractivity contribution in [1.29, 1.82) is 0 Å². The Balaban J connectivity index is 1.96. The summed E-state index contributed by atoms with van der Waals surface area (Å²) >= 11 is 0. The zero-order valence-electron chi connectivity index (χ0n) is 6.27. The Bertz CT molecular complexity index is 131. The Hall–Kier alpha value is -0.0800. The van der Waals surface area contributed by atoms with E-state index in [-0.39, 0.29) is 6.10 Å². The molecular weight excluding hydrogens is 126 g/mol. The van der Waals surface area contributed by atoms with Crippen LogP contribution in [0.2, 0.25) is 0 Å². The fourth-order valence-corrected chi connectivity index (χ4v) is 2.22. The molecular formula is C8H15NO. The molecule has 2 rings (SSSR count). The lowest BCUT2D eigenvalue weighted by atomic mass is 9.69. The van der Waals surface area contributed by atoms with Gasteiger partial charge in [0.25, 0.3) is 0 Å². The average Bonchev–Trinajstić information content (AvgIpc) is 1.85. The van der Waals surface area contributed by atoms with Crippen LogP contribution in [0, 0.1) is 5.41 Å². The van der Waals surface area contributed by atoms with Gasteiger partial charge in [-0.05, 0) is 24.7 Å². The van der Waals surface area contributed by atoms with Crippen molar-refractivity contribution in [3.63, 3.8) is 0 Å². The van der Waals surface area contributed by atoms with E-state index in [1.165, 1.54) is 12.8 Å². The van der Waals surface area contributed by atoms with Crippen molar-refractivity contribution in [3.05, 3.63) is 0 Å². The van der Waals surface area contributed by atoms with Gasteiger partial charge in [-0.2, -0.15) is 0 Å². The molecule has 1 aliphatic carbocycles. The molecule has 1 unspecified atom stereocenters. The molecule has 10 heavy (non-hydrogen) atoms. The summed E-state index contributed by atoms with van der Waals surface area (Å²) in [6.07, 6.45) is 4.62. The van der Waals surface area contributed by atoms with Gasteiger partial charge < -0.3 is 10.4 Å². The summed E-state index contributed by atoms with van der Waals surface area (Å²) in [5, 5.41) is 12.7. The Morgan fingerprint density at radius 1 is 1.40 bits per heavy atom. The first-order valence-electron chi connectivity index (χ1n) is 4.20. The van der Waals surface area contributed by atoms with Crippen molar-refractivity contribution in [1.82, 2.24) is 5.32 Å². The van der Waals surface area contributed by atoms with Gasteiger partial charge in [0.05, 0.1) is 6.10 Å². The Morgan fingerprint density at radius 3 is 2.60 bits per heavy atom. The lowest BCUT2D eigenvalue weighted by Gasteiger charge is -2.47. The van der Waals surface area contributed by atoms with Gasteiger partial charge in [-0.25, -0.2) is 0 Å². The van der Waals surface area contributed by atoms with Gasteiger partial charge in [0, 0.05) is 13.1 Å². The molecule has 0 amide bonds. The van der Waals surface area contributed by atoms with Crippen molar-refractivity contribution < 1.29 is 5.11 Å². The molecule has 2 aliphatic rings. The van der Waals surface area contributed by atoms with E-state index in [0.717, 1.165) is 25.9 Å². The molecule has 1 saturated heterocycles. The van der Waals surface area contributed by atoms with Crippen molar-refractivity contribution in [2.75, 3.05) is 13.1 Å². The molecule has 1 spiro atoms. The molecule has 0 aromatic carbocycles. The van der Waals surface area contributed by atoms with Crippen LogP contribution in [0.3, 0.4) is 0 Å². The summed E-state index contributed by atoms with van der Waals surface area (Å²) in [5.41, 5.74) is 0.512. The summed E-state index contributed by atoms with van der Waals surface area (Å²) in [5.74, 6) is 0. The van der Waals surface area contributed by atoms with Gasteiger partial charge in [0.2, 0.25) is 0 Å². The average molecular weight is 141 g/mol. The van der Waals surface area contributed by atoms with Crippen LogP contribution in [-0.2, 0) is 0 Å². The number of hydrogen-bond acceptors (Lipinski definition) is 2. The second-order valence-electron chi connectivity index (χ2n) is 3.85. The minimum absolute atomic E-state index is 0.00384. The van der Waals surface area contributed by atoms with Gasteiger partial charge in [-0.1, -0.05) is 6.42 Å². The Morgan fingerprint density at radius 2 is 2.20 bits per heavy atom. The molecule has 0 bridgehead atoms. The molecule has 2 nitrogen and oxygen atoms in total.